The van der Waals surface area contributed by atoms with E-state index in [1.54, 1.807) is 0 Å². The van der Waals surface area contributed by atoms with Crippen LogP contribution in [0.3, 0.4) is 0 Å². The minimum atomic E-state index is -0.0359. The predicted molar refractivity (Wildman–Crippen MR) is 77.5 cm³/mol. The van der Waals surface area contributed by atoms with Crippen molar-refractivity contribution in [2.24, 2.45) is 7.05 Å². The second kappa shape index (κ2) is 5.76. The van der Waals surface area contributed by atoms with Crippen LogP contribution in [0, 0.1) is 0 Å². The third-order valence-corrected chi connectivity index (χ3v) is 3.52. The minimum absolute atomic E-state index is 0.0359. The van der Waals surface area contributed by atoms with Crippen LogP contribution in [-0.4, -0.2) is 14.7 Å². The van der Waals surface area contributed by atoms with Gasteiger partial charge in [0.15, 0.2) is 0 Å². The van der Waals surface area contributed by atoms with Gasteiger partial charge in [-0.1, -0.05) is 37.6 Å². The quantitative estimate of drug-likeness (QED) is 0.932. The van der Waals surface area contributed by atoms with Crippen molar-refractivity contribution in [2.45, 2.75) is 32.8 Å². The Kier molecular flexibility index (Phi) is 4.27. The predicted octanol–water partition coefficient (Wildman–Crippen LogP) is 3.28. The van der Waals surface area contributed by atoms with Crippen molar-refractivity contribution in [1.29, 1.82) is 0 Å². The van der Waals surface area contributed by atoms with Crippen molar-refractivity contribution in [3.8, 4) is 0 Å². The number of aromatic nitrogens is 2. The lowest BCUT2D eigenvalue weighted by Crippen LogP contribution is -2.04. The number of hydrogen-bond donors (Lipinski definition) is 1. The monoisotopic (exact) mass is 278 g/mol. The van der Waals surface area contributed by atoms with Crippen LogP contribution in [0.1, 0.15) is 42.5 Å². The van der Waals surface area contributed by atoms with Gasteiger partial charge in [0.25, 0.3) is 0 Å². The maximum absolute atomic E-state index is 9.34. The molecule has 2 aromatic rings. The molecular formula is C15H19ClN2O. The van der Waals surface area contributed by atoms with Crippen LogP contribution in [-0.2, 0) is 20.1 Å². The summed E-state index contributed by atoms with van der Waals surface area (Å²) in [6.07, 6.45) is 0.775. The summed E-state index contributed by atoms with van der Waals surface area (Å²) < 4.78 is 1.98. The molecule has 1 aromatic carbocycles. The molecule has 19 heavy (non-hydrogen) atoms. The molecule has 0 saturated carbocycles. The Morgan fingerprint density at radius 2 is 2.11 bits per heavy atom. The second-order valence-corrected chi connectivity index (χ2v) is 5.47. The molecule has 0 fully saturated rings. The highest BCUT2D eigenvalue weighted by atomic mass is 35.5. The summed E-state index contributed by atoms with van der Waals surface area (Å²) >= 11 is 6.02. The zero-order chi connectivity index (χ0) is 14.0. The molecule has 3 nitrogen and oxygen atoms in total. The maximum atomic E-state index is 9.34. The summed E-state index contributed by atoms with van der Waals surface area (Å²) in [5, 5.41) is 10.1. The Morgan fingerprint density at radius 1 is 1.37 bits per heavy atom. The molecule has 0 aliphatic heterocycles. The van der Waals surface area contributed by atoms with Crippen LogP contribution in [0.2, 0.25) is 5.02 Å². The number of rotatable bonds is 4. The van der Waals surface area contributed by atoms with E-state index in [2.05, 4.69) is 24.9 Å². The molecule has 0 saturated heterocycles. The molecule has 0 radical (unpaired) electrons. The fraction of sp³-hybridized carbons (Fsp3) is 0.400. The SMILES string of the molecule is CC(C)c1nc(CO)n(C)c1Cc1cccc(Cl)c1. The summed E-state index contributed by atoms with van der Waals surface area (Å²) in [7, 11) is 1.95. The van der Waals surface area contributed by atoms with Gasteiger partial charge < -0.3 is 9.67 Å². The van der Waals surface area contributed by atoms with E-state index in [9.17, 15) is 5.11 Å². The topological polar surface area (TPSA) is 38.1 Å². The molecule has 1 aromatic heterocycles. The standard InChI is InChI=1S/C15H19ClN2O/c1-10(2)15-13(18(3)14(9-19)17-15)8-11-5-4-6-12(16)7-11/h4-7,10,19H,8-9H2,1-3H3. The van der Waals surface area contributed by atoms with Gasteiger partial charge in [0, 0.05) is 24.2 Å². The molecule has 2 rings (SSSR count). The normalized spacial score (nSPS) is 11.3. The maximum Gasteiger partial charge on any atom is 0.134 e. The van der Waals surface area contributed by atoms with Crippen molar-refractivity contribution in [3.63, 3.8) is 0 Å². The molecule has 1 heterocycles. The largest absolute Gasteiger partial charge is 0.388 e. The van der Waals surface area contributed by atoms with Crippen molar-refractivity contribution in [3.05, 3.63) is 52.1 Å². The molecule has 0 amide bonds. The third-order valence-electron chi connectivity index (χ3n) is 3.29. The zero-order valence-electron chi connectivity index (χ0n) is 11.5. The average Bonchev–Trinajstić information content (AvgIpc) is 2.67. The number of nitrogens with zero attached hydrogens (tertiary/aromatic N) is 2. The van der Waals surface area contributed by atoms with E-state index in [1.807, 2.05) is 29.8 Å². The Morgan fingerprint density at radius 3 is 2.68 bits per heavy atom. The lowest BCUT2D eigenvalue weighted by Gasteiger charge is -2.09. The van der Waals surface area contributed by atoms with Gasteiger partial charge in [0.2, 0.25) is 0 Å². The number of aliphatic hydroxyl groups excluding tert-OH is 1. The Bertz CT molecular complexity index is 576. The highest BCUT2D eigenvalue weighted by molar-refractivity contribution is 6.30. The average molecular weight is 279 g/mol. The van der Waals surface area contributed by atoms with Crippen LogP contribution >= 0.6 is 11.6 Å². The number of aliphatic hydroxyl groups is 1. The first-order chi connectivity index (χ1) is 9.02. The van der Waals surface area contributed by atoms with Crippen LogP contribution in [0.25, 0.3) is 0 Å². The Labute approximate surface area is 118 Å². The van der Waals surface area contributed by atoms with Gasteiger partial charge in [-0.15, -0.1) is 0 Å². The minimum Gasteiger partial charge on any atom is -0.388 e. The van der Waals surface area contributed by atoms with E-state index < -0.39 is 0 Å². The molecule has 0 aliphatic rings. The molecule has 0 bridgehead atoms. The molecule has 0 atom stereocenters. The van der Waals surface area contributed by atoms with Gasteiger partial charge in [-0.25, -0.2) is 4.98 Å². The molecule has 1 N–H and O–H groups in total. The van der Waals surface area contributed by atoms with Crippen LogP contribution in [0.5, 0.6) is 0 Å². The summed E-state index contributed by atoms with van der Waals surface area (Å²) in [4.78, 5) is 4.53. The lowest BCUT2D eigenvalue weighted by atomic mass is 10.0. The van der Waals surface area contributed by atoms with Gasteiger partial charge in [-0.3, -0.25) is 0 Å². The first kappa shape index (κ1) is 14.1. The van der Waals surface area contributed by atoms with E-state index in [0.717, 1.165) is 28.4 Å². The van der Waals surface area contributed by atoms with Crippen molar-refractivity contribution >= 4 is 11.6 Å². The Hall–Kier alpha value is -1.32. The van der Waals surface area contributed by atoms with Crippen molar-refractivity contribution < 1.29 is 5.11 Å². The van der Waals surface area contributed by atoms with Gasteiger partial charge in [-0.2, -0.15) is 0 Å². The molecule has 0 unspecified atom stereocenters. The van der Waals surface area contributed by atoms with Crippen molar-refractivity contribution in [2.75, 3.05) is 0 Å². The fourth-order valence-corrected chi connectivity index (χ4v) is 2.47. The van der Waals surface area contributed by atoms with Crippen molar-refractivity contribution in [1.82, 2.24) is 9.55 Å². The van der Waals surface area contributed by atoms with Crippen LogP contribution in [0.15, 0.2) is 24.3 Å². The van der Waals surface area contributed by atoms with E-state index in [1.165, 1.54) is 0 Å². The van der Waals surface area contributed by atoms with E-state index >= 15 is 0 Å². The smallest absolute Gasteiger partial charge is 0.134 e. The number of halogens is 1. The lowest BCUT2D eigenvalue weighted by molar-refractivity contribution is 0.267. The van der Waals surface area contributed by atoms with Crippen LogP contribution < -0.4 is 0 Å². The van der Waals surface area contributed by atoms with Gasteiger partial charge >= 0.3 is 0 Å². The Balaban J connectivity index is 2.41. The van der Waals surface area contributed by atoms with E-state index in [0.29, 0.717) is 11.7 Å². The van der Waals surface area contributed by atoms with Crippen LogP contribution in [0.4, 0.5) is 0 Å². The number of benzene rings is 1. The first-order valence-corrected chi connectivity index (χ1v) is 6.80. The summed E-state index contributed by atoms with van der Waals surface area (Å²) in [5.74, 6) is 1.04. The first-order valence-electron chi connectivity index (χ1n) is 6.42. The third kappa shape index (κ3) is 2.99. The summed E-state index contributed by atoms with van der Waals surface area (Å²) in [6, 6.07) is 7.85. The highest BCUT2D eigenvalue weighted by Gasteiger charge is 2.16. The zero-order valence-corrected chi connectivity index (χ0v) is 12.3. The summed E-state index contributed by atoms with van der Waals surface area (Å²) in [6.45, 7) is 4.20. The molecule has 4 heteroatoms. The fourth-order valence-electron chi connectivity index (χ4n) is 2.26. The molecule has 0 spiro atoms. The van der Waals surface area contributed by atoms with E-state index in [-0.39, 0.29) is 6.61 Å². The summed E-state index contributed by atoms with van der Waals surface area (Å²) in [5.41, 5.74) is 3.34. The second-order valence-electron chi connectivity index (χ2n) is 5.04. The number of imidazole rings is 1. The molecular weight excluding hydrogens is 260 g/mol. The van der Waals surface area contributed by atoms with Gasteiger partial charge in [0.05, 0.1) is 5.69 Å². The number of hydrogen-bond acceptors (Lipinski definition) is 2. The molecule has 0 aliphatic carbocycles. The van der Waals surface area contributed by atoms with Gasteiger partial charge in [0.1, 0.15) is 12.4 Å². The van der Waals surface area contributed by atoms with E-state index in [4.69, 9.17) is 11.6 Å². The molecule has 102 valence electrons. The highest BCUT2D eigenvalue weighted by Crippen LogP contribution is 2.23. The van der Waals surface area contributed by atoms with Gasteiger partial charge in [-0.05, 0) is 23.6 Å².